The van der Waals surface area contributed by atoms with Crippen LogP contribution in [0.25, 0.3) is 10.8 Å². The number of carbonyl (C=O) groups is 1. The summed E-state index contributed by atoms with van der Waals surface area (Å²) < 4.78 is 0. The van der Waals surface area contributed by atoms with Gasteiger partial charge in [-0.15, -0.1) is 0 Å². The van der Waals surface area contributed by atoms with Crippen molar-refractivity contribution in [1.29, 1.82) is 0 Å². The van der Waals surface area contributed by atoms with Crippen molar-refractivity contribution in [1.82, 2.24) is 20.0 Å². The van der Waals surface area contributed by atoms with Gasteiger partial charge in [0.1, 0.15) is 0 Å². The SMILES string of the molecule is O=C(c1n[nH]c(=O)c2ccccc12)N1CCC[C@@H]2CN(CCc3ccccc3)CC[C@@H]21. The highest BCUT2D eigenvalue weighted by Gasteiger charge is 2.39. The molecule has 3 aromatic rings. The van der Waals surface area contributed by atoms with Crippen LogP contribution in [0.2, 0.25) is 0 Å². The summed E-state index contributed by atoms with van der Waals surface area (Å²) in [5.41, 5.74) is 1.49. The van der Waals surface area contributed by atoms with E-state index in [0.717, 1.165) is 51.9 Å². The van der Waals surface area contributed by atoms with Gasteiger partial charge in [0.25, 0.3) is 11.5 Å². The lowest BCUT2D eigenvalue weighted by molar-refractivity contribution is 0.0201. The van der Waals surface area contributed by atoms with Gasteiger partial charge in [0.2, 0.25) is 0 Å². The molecule has 2 aromatic carbocycles. The summed E-state index contributed by atoms with van der Waals surface area (Å²) in [7, 11) is 0. The van der Waals surface area contributed by atoms with Gasteiger partial charge in [0.05, 0.1) is 5.39 Å². The van der Waals surface area contributed by atoms with Crippen molar-refractivity contribution < 1.29 is 4.79 Å². The Morgan fingerprint density at radius 1 is 1.00 bits per heavy atom. The van der Waals surface area contributed by atoms with Crippen molar-refractivity contribution >= 4 is 16.7 Å². The molecule has 31 heavy (non-hydrogen) atoms. The highest BCUT2D eigenvalue weighted by molar-refractivity contribution is 6.04. The summed E-state index contributed by atoms with van der Waals surface area (Å²) in [6.07, 6.45) is 4.23. The third-order valence-corrected chi connectivity index (χ3v) is 6.87. The molecule has 2 aliphatic rings. The maximum absolute atomic E-state index is 13.5. The van der Waals surface area contributed by atoms with Gasteiger partial charge >= 0.3 is 0 Å². The molecule has 2 saturated heterocycles. The van der Waals surface area contributed by atoms with Gasteiger partial charge in [-0.05, 0) is 43.2 Å². The van der Waals surface area contributed by atoms with Crippen LogP contribution in [0.15, 0.2) is 59.4 Å². The predicted molar refractivity (Wildman–Crippen MR) is 121 cm³/mol. The monoisotopic (exact) mass is 416 g/mol. The average Bonchev–Trinajstić information content (AvgIpc) is 2.83. The highest BCUT2D eigenvalue weighted by atomic mass is 16.2. The Morgan fingerprint density at radius 3 is 2.61 bits per heavy atom. The molecule has 6 nitrogen and oxygen atoms in total. The quantitative estimate of drug-likeness (QED) is 0.710. The van der Waals surface area contributed by atoms with E-state index in [9.17, 15) is 9.59 Å². The van der Waals surface area contributed by atoms with E-state index in [1.807, 2.05) is 23.1 Å². The fourth-order valence-corrected chi connectivity index (χ4v) is 5.28. The Morgan fingerprint density at radius 2 is 1.77 bits per heavy atom. The minimum atomic E-state index is -0.254. The van der Waals surface area contributed by atoms with Gasteiger partial charge in [-0.25, -0.2) is 5.10 Å². The molecule has 3 heterocycles. The zero-order chi connectivity index (χ0) is 21.2. The van der Waals surface area contributed by atoms with Crippen LogP contribution in [-0.2, 0) is 6.42 Å². The number of hydrogen-bond acceptors (Lipinski definition) is 4. The van der Waals surface area contributed by atoms with E-state index >= 15 is 0 Å². The molecule has 1 N–H and O–H groups in total. The molecular formula is C25H28N4O2. The van der Waals surface area contributed by atoms with Crippen LogP contribution in [0.3, 0.4) is 0 Å². The molecular weight excluding hydrogens is 388 g/mol. The topological polar surface area (TPSA) is 69.3 Å². The molecule has 0 unspecified atom stereocenters. The lowest BCUT2D eigenvalue weighted by atomic mass is 9.83. The predicted octanol–water partition coefficient (Wildman–Crippen LogP) is 3.09. The number of fused-ring (bicyclic) bond motifs is 2. The van der Waals surface area contributed by atoms with Crippen LogP contribution >= 0.6 is 0 Å². The zero-order valence-electron chi connectivity index (χ0n) is 17.7. The molecule has 0 bridgehead atoms. The minimum absolute atomic E-state index is 0.0557. The zero-order valence-corrected chi connectivity index (χ0v) is 17.7. The van der Waals surface area contributed by atoms with Crippen molar-refractivity contribution in [3.05, 3.63) is 76.2 Å². The summed E-state index contributed by atoms with van der Waals surface area (Å²) in [5, 5.41) is 7.83. The van der Waals surface area contributed by atoms with E-state index in [2.05, 4.69) is 45.4 Å². The summed E-state index contributed by atoms with van der Waals surface area (Å²) >= 11 is 0. The molecule has 2 atom stereocenters. The molecule has 0 spiro atoms. The number of nitrogens with one attached hydrogen (secondary N) is 1. The molecule has 160 valence electrons. The molecule has 1 aromatic heterocycles. The third kappa shape index (κ3) is 4.00. The van der Waals surface area contributed by atoms with Gasteiger partial charge in [-0.1, -0.05) is 48.5 Å². The minimum Gasteiger partial charge on any atom is -0.334 e. The first-order valence-electron chi connectivity index (χ1n) is 11.3. The maximum Gasteiger partial charge on any atom is 0.275 e. The number of amides is 1. The third-order valence-electron chi connectivity index (χ3n) is 6.87. The molecule has 2 aliphatic heterocycles. The second-order valence-electron chi connectivity index (χ2n) is 8.74. The van der Waals surface area contributed by atoms with Crippen LogP contribution in [0, 0.1) is 5.92 Å². The Hall–Kier alpha value is -2.99. The summed E-state index contributed by atoms with van der Waals surface area (Å²) in [4.78, 5) is 30.2. The molecule has 1 amide bonds. The average molecular weight is 417 g/mol. The van der Waals surface area contributed by atoms with E-state index in [1.165, 1.54) is 5.56 Å². The van der Waals surface area contributed by atoms with E-state index < -0.39 is 0 Å². The summed E-state index contributed by atoms with van der Waals surface area (Å²) in [6, 6.07) is 18.1. The first kappa shape index (κ1) is 19.9. The summed E-state index contributed by atoms with van der Waals surface area (Å²) in [6.45, 7) is 3.88. The van der Waals surface area contributed by atoms with E-state index in [4.69, 9.17) is 0 Å². The van der Waals surface area contributed by atoms with Crippen molar-refractivity contribution in [2.75, 3.05) is 26.2 Å². The van der Waals surface area contributed by atoms with Crippen LogP contribution in [0.4, 0.5) is 0 Å². The largest absolute Gasteiger partial charge is 0.334 e. The molecule has 2 fully saturated rings. The number of benzene rings is 2. The first-order valence-corrected chi connectivity index (χ1v) is 11.3. The molecule has 0 aliphatic carbocycles. The number of likely N-dealkylation sites (tertiary alicyclic amines) is 2. The number of piperidine rings is 2. The summed E-state index contributed by atoms with van der Waals surface area (Å²) in [5.74, 6) is 0.441. The van der Waals surface area contributed by atoms with Gasteiger partial charge < -0.3 is 9.80 Å². The standard InChI is InChI=1S/C25H28N4O2/c30-24-21-11-5-4-10-20(21)23(26-27-24)25(31)29-14-6-9-19-17-28(16-13-22(19)29)15-12-18-7-2-1-3-8-18/h1-5,7-8,10-11,19,22H,6,9,12-17H2,(H,27,30)/t19-,22+/m1/s1. The number of H-pyrrole nitrogens is 1. The second-order valence-corrected chi connectivity index (χ2v) is 8.74. The van der Waals surface area contributed by atoms with E-state index in [1.54, 1.807) is 6.07 Å². The highest BCUT2D eigenvalue weighted by Crippen LogP contribution is 2.32. The maximum atomic E-state index is 13.5. The Bertz CT molecular complexity index is 1130. The number of carbonyl (C=O) groups excluding carboxylic acids is 1. The van der Waals surface area contributed by atoms with Crippen LogP contribution < -0.4 is 5.56 Å². The lowest BCUT2D eigenvalue weighted by Crippen LogP contribution is -2.56. The van der Waals surface area contributed by atoms with E-state index in [-0.39, 0.29) is 17.5 Å². The second kappa shape index (κ2) is 8.63. The number of aromatic amines is 1. The van der Waals surface area contributed by atoms with Crippen LogP contribution in [0.1, 0.15) is 35.3 Å². The first-order chi connectivity index (χ1) is 15.2. The van der Waals surface area contributed by atoms with E-state index in [0.29, 0.717) is 22.4 Å². The van der Waals surface area contributed by atoms with Crippen molar-refractivity contribution in [2.24, 2.45) is 5.92 Å². The normalized spacial score (nSPS) is 21.7. The number of hydrogen-bond donors (Lipinski definition) is 1. The molecule has 0 radical (unpaired) electrons. The van der Waals surface area contributed by atoms with Crippen LogP contribution in [-0.4, -0.2) is 58.1 Å². The molecule has 0 saturated carbocycles. The number of rotatable bonds is 4. The smallest absolute Gasteiger partial charge is 0.275 e. The lowest BCUT2D eigenvalue weighted by Gasteiger charge is -2.47. The van der Waals surface area contributed by atoms with Crippen molar-refractivity contribution in [2.45, 2.75) is 31.7 Å². The van der Waals surface area contributed by atoms with Gasteiger partial charge in [-0.3, -0.25) is 9.59 Å². The Labute approximate surface area is 181 Å². The van der Waals surface area contributed by atoms with Crippen molar-refractivity contribution in [3.63, 3.8) is 0 Å². The molecule has 5 rings (SSSR count). The van der Waals surface area contributed by atoms with Gasteiger partial charge in [0.15, 0.2) is 5.69 Å². The number of aromatic nitrogens is 2. The fourth-order valence-electron chi connectivity index (χ4n) is 5.28. The van der Waals surface area contributed by atoms with Gasteiger partial charge in [0, 0.05) is 37.6 Å². The van der Waals surface area contributed by atoms with Gasteiger partial charge in [-0.2, -0.15) is 5.10 Å². The Kier molecular flexibility index (Phi) is 5.55. The Balaban J connectivity index is 1.31. The number of nitrogens with zero attached hydrogens (tertiary/aromatic N) is 3. The van der Waals surface area contributed by atoms with Crippen molar-refractivity contribution in [3.8, 4) is 0 Å². The van der Waals surface area contributed by atoms with Crippen LogP contribution in [0.5, 0.6) is 0 Å². The fraction of sp³-hybridized carbons (Fsp3) is 0.400. The molecule has 6 heteroatoms.